The van der Waals surface area contributed by atoms with Gasteiger partial charge in [-0.3, -0.25) is 4.99 Å². The van der Waals surface area contributed by atoms with Gasteiger partial charge in [0.2, 0.25) is 0 Å². The molecule has 0 aromatic heterocycles. The van der Waals surface area contributed by atoms with Crippen molar-refractivity contribution in [1.82, 2.24) is 5.32 Å². The largest absolute Gasteiger partial charge is 0.493 e. The highest BCUT2D eigenvalue weighted by Gasteiger charge is 2.08. The molecule has 2 aromatic carbocycles. The summed E-state index contributed by atoms with van der Waals surface area (Å²) in [7, 11) is 4.83. The fourth-order valence-electron chi connectivity index (χ4n) is 2.53. The van der Waals surface area contributed by atoms with Gasteiger partial charge in [0.1, 0.15) is 5.82 Å². The van der Waals surface area contributed by atoms with Gasteiger partial charge in [-0.2, -0.15) is 0 Å². The third-order valence-electron chi connectivity index (χ3n) is 3.82. The van der Waals surface area contributed by atoms with E-state index in [1.807, 2.05) is 25.1 Å². The first kappa shape index (κ1) is 24.0. The molecular formula is C20H27FIN3O3. The Morgan fingerprint density at radius 3 is 2.54 bits per heavy atom. The summed E-state index contributed by atoms with van der Waals surface area (Å²) in [6.07, 6.45) is 0. The van der Waals surface area contributed by atoms with E-state index >= 15 is 0 Å². The van der Waals surface area contributed by atoms with Gasteiger partial charge in [0, 0.05) is 38.0 Å². The molecule has 0 aliphatic rings. The molecule has 0 saturated heterocycles. The first-order valence-electron chi connectivity index (χ1n) is 8.66. The molecule has 0 bridgehead atoms. The van der Waals surface area contributed by atoms with Crippen LogP contribution in [0.1, 0.15) is 18.1 Å². The molecule has 154 valence electrons. The molecule has 8 heteroatoms. The van der Waals surface area contributed by atoms with Gasteiger partial charge in [0.05, 0.1) is 20.3 Å². The Labute approximate surface area is 182 Å². The van der Waals surface area contributed by atoms with Crippen molar-refractivity contribution in [3.05, 3.63) is 53.3 Å². The summed E-state index contributed by atoms with van der Waals surface area (Å²) >= 11 is 0. The third kappa shape index (κ3) is 6.83. The molecule has 2 aromatic rings. The van der Waals surface area contributed by atoms with Crippen molar-refractivity contribution in [2.45, 2.75) is 20.1 Å². The summed E-state index contributed by atoms with van der Waals surface area (Å²) in [5.74, 6) is 1.63. The van der Waals surface area contributed by atoms with Crippen LogP contribution in [0.3, 0.4) is 0 Å². The minimum absolute atomic E-state index is 0. The minimum Gasteiger partial charge on any atom is -0.493 e. The normalized spacial score (nSPS) is 10.8. The topological polar surface area (TPSA) is 64.1 Å². The molecule has 6 nitrogen and oxygen atoms in total. The Bertz CT molecular complexity index is 787. The number of aliphatic imine (C=N–C) groups is 1. The average Bonchev–Trinajstić information content (AvgIpc) is 2.68. The number of nitrogens with zero attached hydrogens (tertiary/aromatic N) is 1. The molecule has 0 aliphatic heterocycles. The summed E-state index contributed by atoms with van der Waals surface area (Å²) in [5, 5.41) is 6.41. The minimum atomic E-state index is -0.273. The maximum absolute atomic E-state index is 13.7. The SMILES string of the molecule is CCOc1cc(NC(=NC)NCc2ccc(F)c(COC)c2)ccc1OC.I. The number of hydrogen-bond acceptors (Lipinski definition) is 4. The van der Waals surface area contributed by atoms with Gasteiger partial charge < -0.3 is 24.8 Å². The Morgan fingerprint density at radius 2 is 1.89 bits per heavy atom. The van der Waals surface area contributed by atoms with Crippen LogP contribution in [0.2, 0.25) is 0 Å². The van der Waals surface area contributed by atoms with E-state index in [9.17, 15) is 4.39 Å². The van der Waals surface area contributed by atoms with Crippen molar-refractivity contribution >= 4 is 35.6 Å². The highest BCUT2D eigenvalue weighted by atomic mass is 127. The Balaban J connectivity index is 0.00000392. The molecule has 0 radical (unpaired) electrons. The average molecular weight is 503 g/mol. The molecule has 0 unspecified atom stereocenters. The summed E-state index contributed by atoms with van der Waals surface area (Å²) in [6, 6.07) is 10.5. The Morgan fingerprint density at radius 1 is 1.11 bits per heavy atom. The van der Waals surface area contributed by atoms with Crippen molar-refractivity contribution in [3.8, 4) is 11.5 Å². The van der Waals surface area contributed by atoms with Crippen LogP contribution < -0.4 is 20.1 Å². The zero-order valence-electron chi connectivity index (χ0n) is 16.5. The van der Waals surface area contributed by atoms with Gasteiger partial charge in [-0.25, -0.2) is 4.39 Å². The van der Waals surface area contributed by atoms with Gasteiger partial charge in [-0.1, -0.05) is 6.07 Å². The lowest BCUT2D eigenvalue weighted by Crippen LogP contribution is -2.30. The van der Waals surface area contributed by atoms with Crippen LogP contribution in [0.15, 0.2) is 41.4 Å². The Kier molecular flexibility index (Phi) is 10.6. The highest BCUT2D eigenvalue weighted by Crippen LogP contribution is 2.30. The maximum atomic E-state index is 13.7. The number of benzene rings is 2. The monoisotopic (exact) mass is 503 g/mol. The highest BCUT2D eigenvalue weighted by molar-refractivity contribution is 14.0. The fourth-order valence-corrected chi connectivity index (χ4v) is 2.53. The standard InChI is InChI=1S/C20H26FN3O3.HI/c1-5-27-19-11-16(7-9-18(19)26-4)24-20(22-2)23-12-14-6-8-17(21)15(10-14)13-25-3;/h6-11H,5,12-13H2,1-4H3,(H2,22,23,24);1H. The third-order valence-corrected chi connectivity index (χ3v) is 3.82. The van der Waals surface area contributed by atoms with Crippen LogP contribution in [0.25, 0.3) is 0 Å². The molecular weight excluding hydrogens is 476 g/mol. The molecule has 0 fully saturated rings. The lowest BCUT2D eigenvalue weighted by Gasteiger charge is -2.15. The number of ether oxygens (including phenoxy) is 3. The van der Waals surface area contributed by atoms with E-state index in [2.05, 4.69) is 15.6 Å². The van der Waals surface area contributed by atoms with E-state index in [-0.39, 0.29) is 36.4 Å². The molecule has 2 N–H and O–H groups in total. The van der Waals surface area contributed by atoms with Crippen LogP contribution >= 0.6 is 24.0 Å². The Hall–Kier alpha value is -2.07. The lowest BCUT2D eigenvalue weighted by molar-refractivity contribution is 0.181. The van der Waals surface area contributed by atoms with E-state index in [1.54, 1.807) is 33.4 Å². The van der Waals surface area contributed by atoms with Gasteiger partial charge >= 0.3 is 0 Å². The van der Waals surface area contributed by atoms with Crippen molar-refractivity contribution in [2.24, 2.45) is 4.99 Å². The quantitative estimate of drug-likeness (QED) is 0.322. The number of halogens is 2. The van der Waals surface area contributed by atoms with E-state index in [4.69, 9.17) is 14.2 Å². The van der Waals surface area contributed by atoms with Crippen molar-refractivity contribution in [1.29, 1.82) is 0 Å². The number of anilines is 1. The van der Waals surface area contributed by atoms with Gasteiger partial charge in [-0.05, 0) is 36.8 Å². The van der Waals surface area contributed by atoms with Gasteiger partial charge in [0.15, 0.2) is 17.5 Å². The molecule has 0 atom stereocenters. The predicted molar refractivity (Wildman–Crippen MR) is 121 cm³/mol. The smallest absolute Gasteiger partial charge is 0.195 e. The molecule has 0 aliphatic carbocycles. The van der Waals surface area contributed by atoms with Crippen LogP contribution in [0, 0.1) is 5.82 Å². The first-order chi connectivity index (χ1) is 13.1. The summed E-state index contributed by atoms with van der Waals surface area (Å²) in [6.45, 7) is 3.19. The molecule has 28 heavy (non-hydrogen) atoms. The molecule has 0 spiro atoms. The fraction of sp³-hybridized carbons (Fsp3) is 0.350. The van der Waals surface area contributed by atoms with E-state index in [0.717, 1.165) is 11.3 Å². The van der Waals surface area contributed by atoms with E-state index in [1.165, 1.54) is 6.07 Å². The maximum Gasteiger partial charge on any atom is 0.195 e. The van der Waals surface area contributed by atoms with Crippen LogP contribution in [0.5, 0.6) is 11.5 Å². The number of hydrogen-bond donors (Lipinski definition) is 2. The van der Waals surface area contributed by atoms with E-state index in [0.29, 0.717) is 36.2 Å². The zero-order chi connectivity index (χ0) is 19.6. The number of guanidine groups is 1. The molecule has 0 heterocycles. The summed E-state index contributed by atoms with van der Waals surface area (Å²) in [5.41, 5.74) is 2.26. The van der Waals surface area contributed by atoms with Gasteiger partial charge in [0.25, 0.3) is 0 Å². The number of nitrogens with one attached hydrogen (secondary N) is 2. The van der Waals surface area contributed by atoms with Crippen molar-refractivity contribution < 1.29 is 18.6 Å². The van der Waals surface area contributed by atoms with Gasteiger partial charge in [-0.15, -0.1) is 24.0 Å². The summed E-state index contributed by atoms with van der Waals surface area (Å²) in [4.78, 5) is 4.22. The second-order valence-corrected chi connectivity index (χ2v) is 5.71. The second-order valence-electron chi connectivity index (χ2n) is 5.71. The molecule has 0 saturated carbocycles. The van der Waals surface area contributed by atoms with Crippen LogP contribution in [-0.2, 0) is 17.9 Å². The second kappa shape index (κ2) is 12.4. The zero-order valence-corrected chi connectivity index (χ0v) is 18.9. The summed E-state index contributed by atoms with van der Waals surface area (Å²) < 4.78 is 29.6. The predicted octanol–water partition coefficient (Wildman–Crippen LogP) is 4.18. The van der Waals surface area contributed by atoms with Crippen LogP contribution in [-0.4, -0.2) is 33.8 Å². The first-order valence-corrected chi connectivity index (χ1v) is 8.66. The number of methoxy groups -OCH3 is 2. The van der Waals surface area contributed by atoms with Crippen LogP contribution in [0.4, 0.5) is 10.1 Å². The van der Waals surface area contributed by atoms with Crippen molar-refractivity contribution in [3.63, 3.8) is 0 Å². The molecule has 0 amide bonds. The molecule has 2 rings (SSSR count). The number of rotatable bonds is 8. The van der Waals surface area contributed by atoms with E-state index < -0.39 is 0 Å². The van der Waals surface area contributed by atoms with Crippen molar-refractivity contribution in [2.75, 3.05) is 33.2 Å². The lowest BCUT2D eigenvalue weighted by atomic mass is 10.1.